The van der Waals surface area contributed by atoms with Crippen molar-refractivity contribution in [2.24, 2.45) is 4.99 Å². The van der Waals surface area contributed by atoms with Gasteiger partial charge in [0, 0.05) is 12.4 Å². The third-order valence-electron chi connectivity index (χ3n) is 1.99. The molecule has 0 fully saturated rings. The minimum absolute atomic E-state index is 1.20. The van der Waals surface area contributed by atoms with E-state index in [1.165, 1.54) is 16.7 Å². The summed E-state index contributed by atoms with van der Waals surface area (Å²) >= 11 is 0. The van der Waals surface area contributed by atoms with E-state index in [1.54, 1.807) is 6.21 Å². The molecule has 0 saturated heterocycles. The average Bonchev–Trinajstić information content (AvgIpc) is 2.15. The van der Waals surface area contributed by atoms with Crippen LogP contribution in [-0.4, -0.2) is 6.21 Å². The van der Waals surface area contributed by atoms with Crippen molar-refractivity contribution in [1.29, 1.82) is 0 Å². The SMILES string of the molecule is C/C=N\C=C(/C)c1ccccc1C. The first-order chi connectivity index (χ1) is 6.25. The smallest absolute Gasteiger partial charge is 0.0299 e. The monoisotopic (exact) mass is 173 g/mol. The molecule has 0 heterocycles. The molecule has 1 rings (SSSR count). The molecule has 13 heavy (non-hydrogen) atoms. The first-order valence-corrected chi connectivity index (χ1v) is 4.46. The summed E-state index contributed by atoms with van der Waals surface area (Å²) < 4.78 is 0. The topological polar surface area (TPSA) is 12.4 Å². The number of nitrogens with zero attached hydrogens (tertiary/aromatic N) is 1. The Bertz CT molecular complexity index is 335. The van der Waals surface area contributed by atoms with Gasteiger partial charge < -0.3 is 0 Å². The van der Waals surface area contributed by atoms with Gasteiger partial charge in [0.25, 0.3) is 0 Å². The number of allylic oxidation sites excluding steroid dienone is 1. The van der Waals surface area contributed by atoms with Gasteiger partial charge in [-0.2, -0.15) is 0 Å². The Hall–Kier alpha value is -1.37. The molecule has 1 heteroatoms. The van der Waals surface area contributed by atoms with Crippen molar-refractivity contribution in [2.45, 2.75) is 20.8 Å². The van der Waals surface area contributed by atoms with E-state index in [4.69, 9.17) is 0 Å². The van der Waals surface area contributed by atoms with Gasteiger partial charge in [0.15, 0.2) is 0 Å². The predicted octanol–water partition coefficient (Wildman–Crippen LogP) is 3.45. The summed E-state index contributed by atoms with van der Waals surface area (Å²) in [5, 5.41) is 0. The number of rotatable bonds is 2. The van der Waals surface area contributed by atoms with Crippen LogP contribution in [0, 0.1) is 6.92 Å². The average molecular weight is 173 g/mol. The molecule has 0 aromatic heterocycles. The highest BCUT2D eigenvalue weighted by molar-refractivity contribution is 5.67. The van der Waals surface area contributed by atoms with Gasteiger partial charge in [-0.3, -0.25) is 4.99 Å². The molecule has 0 spiro atoms. The van der Waals surface area contributed by atoms with Crippen LogP contribution in [0.15, 0.2) is 35.5 Å². The quantitative estimate of drug-likeness (QED) is 0.607. The van der Waals surface area contributed by atoms with Crippen LogP contribution in [0.2, 0.25) is 0 Å². The molecule has 0 aliphatic carbocycles. The lowest BCUT2D eigenvalue weighted by molar-refractivity contribution is 1.39. The zero-order chi connectivity index (χ0) is 9.68. The van der Waals surface area contributed by atoms with Gasteiger partial charge in [-0.1, -0.05) is 24.3 Å². The van der Waals surface area contributed by atoms with Crippen LogP contribution in [0.4, 0.5) is 0 Å². The number of aliphatic imine (C=N–C) groups is 1. The zero-order valence-corrected chi connectivity index (χ0v) is 8.41. The van der Waals surface area contributed by atoms with Crippen LogP contribution in [0.25, 0.3) is 5.57 Å². The van der Waals surface area contributed by atoms with E-state index in [9.17, 15) is 0 Å². The Morgan fingerprint density at radius 3 is 2.62 bits per heavy atom. The molecule has 0 bridgehead atoms. The molecule has 0 N–H and O–H groups in total. The van der Waals surface area contributed by atoms with Crippen molar-refractivity contribution in [2.75, 3.05) is 0 Å². The van der Waals surface area contributed by atoms with Crippen LogP contribution >= 0.6 is 0 Å². The van der Waals surface area contributed by atoms with Crippen LogP contribution in [-0.2, 0) is 0 Å². The second-order valence-electron chi connectivity index (χ2n) is 3.03. The molecule has 0 aliphatic heterocycles. The summed E-state index contributed by atoms with van der Waals surface area (Å²) in [6.45, 7) is 6.11. The van der Waals surface area contributed by atoms with Crippen LogP contribution in [0.5, 0.6) is 0 Å². The Morgan fingerprint density at radius 1 is 1.31 bits per heavy atom. The van der Waals surface area contributed by atoms with E-state index >= 15 is 0 Å². The Balaban J connectivity index is 3.01. The van der Waals surface area contributed by atoms with E-state index in [0.717, 1.165) is 0 Å². The highest BCUT2D eigenvalue weighted by atomic mass is 14.7. The van der Waals surface area contributed by atoms with Crippen LogP contribution in [0.3, 0.4) is 0 Å². The largest absolute Gasteiger partial charge is 0.269 e. The van der Waals surface area contributed by atoms with Gasteiger partial charge in [-0.15, -0.1) is 0 Å². The number of benzene rings is 1. The standard InChI is InChI=1S/C12H15N/c1-4-13-9-11(3)12-8-6-5-7-10(12)2/h4-9H,1-3H3/b11-9+,13-4-. The van der Waals surface area contributed by atoms with E-state index in [-0.39, 0.29) is 0 Å². The first kappa shape index (κ1) is 9.72. The van der Waals surface area contributed by atoms with Crippen LogP contribution < -0.4 is 0 Å². The maximum atomic E-state index is 4.10. The summed E-state index contributed by atoms with van der Waals surface area (Å²) in [6, 6.07) is 8.33. The lowest BCUT2D eigenvalue weighted by atomic mass is 10.0. The summed E-state index contributed by atoms with van der Waals surface area (Å²) in [4.78, 5) is 4.10. The molecular formula is C12H15N. The van der Waals surface area contributed by atoms with Crippen molar-refractivity contribution in [3.05, 3.63) is 41.6 Å². The van der Waals surface area contributed by atoms with Gasteiger partial charge in [0.2, 0.25) is 0 Å². The van der Waals surface area contributed by atoms with Gasteiger partial charge in [0.05, 0.1) is 0 Å². The van der Waals surface area contributed by atoms with Gasteiger partial charge >= 0.3 is 0 Å². The lowest BCUT2D eigenvalue weighted by Gasteiger charge is -2.03. The third-order valence-corrected chi connectivity index (χ3v) is 1.99. The Kier molecular flexibility index (Phi) is 3.44. The highest BCUT2D eigenvalue weighted by Gasteiger charge is 1.97. The Labute approximate surface area is 79.8 Å². The molecule has 68 valence electrons. The fourth-order valence-electron chi connectivity index (χ4n) is 1.27. The third kappa shape index (κ3) is 2.55. The lowest BCUT2D eigenvalue weighted by Crippen LogP contribution is -1.83. The maximum Gasteiger partial charge on any atom is 0.0299 e. The van der Waals surface area contributed by atoms with Crippen molar-refractivity contribution in [1.82, 2.24) is 0 Å². The number of aryl methyl sites for hydroxylation is 1. The van der Waals surface area contributed by atoms with E-state index in [0.29, 0.717) is 0 Å². The summed E-state index contributed by atoms with van der Waals surface area (Å²) in [7, 11) is 0. The normalized spacial score (nSPS) is 12.4. The van der Waals surface area contributed by atoms with Crippen LogP contribution in [0.1, 0.15) is 25.0 Å². The second kappa shape index (κ2) is 4.61. The summed E-state index contributed by atoms with van der Waals surface area (Å²) in [6.07, 6.45) is 3.68. The summed E-state index contributed by atoms with van der Waals surface area (Å²) in [5.74, 6) is 0. The molecule has 0 amide bonds. The fourth-order valence-corrected chi connectivity index (χ4v) is 1.27. The first-order valence-electron chi connectivity index (χ1n) is 4.46. The van der Waals surface area contributed by atoms with Crippen molar-refractivity contribution >= 4 is 11.8 Å². The molecule has 1 nitrogen and oxygen atoms in total. The predicted molar refractivity (Wildman–Crippen MR) is 59.0 cm³/mol. The van der Waals surface area contributed by atoms with Crippen molar-refractivity contribution in [3.8, 4) is 0 Å². The van der Waals surface area contributed by atoms with E-state index in [1.807, 2.05) is 13.1 Å². The zero-order valence-electron chi connectivity index (χ0n) is 8.41. The fraction of sp³-hybridized carbons (Fsp3) is 0.250. The molecule has 0 aliphatic rings. The minimum Gasteiger partial charge on any atom is -0.269 e. The molecule has 0 unspecified atom stereocenters. The van der Waals surface area contributed by atoms with Crippen molar-refractivity contribution < 1.29 is 0 Å². The van der Waals surface area contributed by atoms with Gasteiger partial charge in [-0.25, -0.2) is 0 Å². The van der Waals surface area contributed by atoms with Gasteiger partial charge in [-0.05, 0) is 37.5 Å². The highest BCUT2D eigenvalue weighted by Crippen LogP contribution is 2.17. The van der Waals surface area contributed by atoms with E-state index in [2.05, 4.69) is 43.1 Å². The molecular weight excluding hydrogens is 158 g/mol. The summed E-state index contributed by atoms with van der Waals surface area (Å²) in [5.41, 5.74) is 3.77. The number of hydrogen-bond donors (Lipinski definition) is 0. The molecule has 0 atom stereocenters. The molecule has 1 aromatic carbocycles. The second-order valence-corrected chi connectivity index (χ2v) is 3.03. The molecule has 0 radical (unpaired) electrons. The molecule has 0 saturated carbocycles. The Morgan fingerprint density at radius 2 is 2.00 bits per heavy atom. The van der Waals surface area contributed by atoms with Crippen molar-refractivity contribution in [3.63, 3.8) is 0 Å². The molecule has 1 aromatic rings. The maximum absolute atomic E-state index is 4.10. The van der Waals surface area contributed by atoms with Gasteiger partial charge in [0.1, 0.15) is 0 Å². The minimum atomic E-state index is 1.20. The van der Waals surface area contributed by atoms with E-state index < -0.39 is 0 Å². The number of hydrogen-bond acceptors (Lipinski definition) is 1.